The van der Waals surface area contributed by atoms with Crippen molar-refractivity contribution in [2.75, 3.05) is 6.54 Å². The third-order valence-electron chi connectivity index (χ3n) is 6.58. The van der Waals surface area contributed by atoms with Gasteiger partial charge in [-0.3, -0.25) is 4.79 Å². The standard InChI is InChI=1S/C27H28BrNO6S/c1-2-7-22(30)29(16-27(35-26(33)34)12-5-6-13-27)15-17-10-11-21-20(14-17)23(28)24(36-21)18-8-3-4-9-19(18)25(31)32/h3-4,8-11,14H,2,5-7,12-13,15-16H2,1H3,(H,31,32)(H,33,34). The zero-order valence-corrected chi connectivity index (χ0v) is 22.4. The number of aromatic carboxylic acids is 1. The molecule has 1 fully saturated rings. The number of ether oxygens (including phenoxy) is 1. The predicted molar refractivity (Wildman–Crippen MR) is 143 cm³/mol. The molecule has 7 nitrogen and oxygen atoms in total. The first-order chi connectivity index (χ1) is 17.2. The molecule has 0 saturated heterocycles. The zero-order chi connectivity index (χ0) is 25.9. The van der Waals surface area contributed by atoms with Gasteiger partial charge in [0.05, 0.1) is 17.0 Å². The van der Waals surface area contributed by atoms with Crippen molar-refractivity contribution in [2.45, 2.75) is 57.6 Å². The molecule has 9 heteroatoms. The summed E-state index contributed by atoms with van der Waals surface area (Å²) in [5.74, 6) is -1.01. The van der Waals surface area contributed by atoms with Crippen molar-refractivity contribution in [2.24, 2.45) is 0 Å². The van der Waals surface area contributed by atoms with Crippen LogP contribution in [-0.4, -0.2) is 45.3 Å². The van der Waals surface area contributed by atoms with Crippen LogP contribution in [0.3, 0.4) is 0 Å². The van der Waals surface area contributed by atoms with Crippen molar-refractivity contribution in [3.63, 3.8) is 0 Å². The van der Waals surface area contributed by atoms with E-state index < -0.39 is 17.7 Å². The average Bonchev–Trinajstić information content (AvgIpc) is 3.42. The van der Waals surface area contributed by atoms with Crippen LogP contribution < -0.4 is 0 Å². The lowest BCUT2D eigenvalue weighted by molar-refractivity contribution is -0.136. The molecule has 1 heterocycles. The number of carboxylic acids is 1. The molecule has 1 aliphatic carbocycles. The quantitative estimate of drug-likeness (QED) is 0.263. The molecule has 0 bridgehead atoms. The molecule has 3 aromatic rings. The summed E-state index contributed by atoms with van der Waals surface area (Å²) in [6.07, 6.45) is 2.73. The number of hydrogen-bond acceptors (Lipinski definition) is 5. The Kier molecular flexibility index (Phi) is 8.00. The van der Waals surface area contributed by atoms with Gasteiger partial charge in [-0.2, -0.15) is 0 Å². The van der Waals surface area contributed by atoms with E-state index in [1.165, 1.54) is 11.3 Å². The maximum atomic E-state index is 13.0. The number of hydrogen-bond donors (Lipinski definition) is 2. The number of carboxylic acid groups (broad SMARTS) is 2. The number of carbonyl (C=O) groups is 3. The van der Waals surface area contributed by atoms with Crippen molar-refractivity contribution in [1.82, 2.24) is 4.90 Å². The highest BCUT2D eigenvalue weighted by molar-refractivity contribution is 9.10. The summed E-state index contributed by atoms with van der Waals surface area (Å²) >= 11 is 5.19. The van der Waals surface area contributed by atoms with Crippen molar-refractivity contribution >= 4 is 55.4 Å². The van der Waals surface area contributed by atoms with Crippen LogP contribution in [0, 0.1) is 0 Å². The Morgan fingerprint density at radius 3 is 2.50 bits per heavy atom. The highest BCUT2D eigenvalue weighted by Crippen LogP contribution is 2.44. The summed E-state index contributed by atoms with van der Waals surface area (Å²) in [5, 5.41) is 19.9. The number of fused-ring (bicyclic) bond motifs is 1. The van der Waals surface area contributed by atoms with Gasteiger partial charge in [0, 0.05) is 33.1 Å². The lowest BCUT2D eigenvalue weighted by Gasteiger charge is -2.34. The molecule has 1 aromatic heterocycles. The van der Waals surface area contributed by atoms with Crippen LogP contribution in [0.2, 0.25) is 0 Å². The maximum Gasteiger partial charge on any atom is 0.506 e. The Morgan fingerprint density at radius 1 is 1.11 bits per heavy atom. The van der Waals surface area contributed by atoms with Crippen LogP contribution in [0.1, 0.15) is 61.4 Å². The Hall–Kier alpha value is -2.91. The molecule has 0 atom stereocenters. The second kappa shape index (κ2) is 11.0. The van der Waals surface area contributed by atoms with Crippen LogP contribution in [0.4, 0.5) is 4.79 Å². The molecule has 0 radical (unpaired) electrons. The van der Waals surface area contributed by atoms with E-state index in [2.05, 4.69) is 15.9 Å². The van der Waals surface area contributed by atoms with Crippen LogP contribution in [0.15, 0.2) is 46.9 Å². The fourth-order valence-electron chi connectivity index (χ4n) is 4.92. The van der Waals surface area contributed by atoms with E-state index in [4.69, 9.17) is 4.74 Å². The summed E-state index contributed by atoms with van der Waals surface area (Å²) in [7, 11) is 0. The minimum absolute atomic E-state index is 0.0293. The molecule has 36 heavy (non-hydrogen) atoms. The summed E-state index contributed by atoms with van der Waals surface area (Å²) in [4.78, 5) is 38.8. The Balaban J connectivity index is 1.67. The largest absolute Gasteiger partial charge is 0.506 e. The summed E-state index contributed by atoms with van der Waals surface area (Å²) in [5.41, 5.74) is 0.928. The van der Waals surface area contributed by atoms with Gasteiger partial charge < -0.3 is 19.8 Å². The lowest BCUT2D eigenvalue weighted by Crippen LogP contribution is -2.46. The highest BCUT2D eigenvalue weighted by atomic mass is 79.9. The SMILES string of the molecule is CCCC(=O)N(Cc1ccc2sc(-c3ccccc3C(=O)O)c(Br)c2c1)CC1(OC(=O)O)CCCC1. The van der Waals surface area contributed by atoms with Gasteiger partial charge in [0.25, 0.3) is 0 Å². The molecule has 2 aromatic carbocycles. The smallest absolute Gasteiger partial charge is 0.478 e. The molecule has 2 N–H and O–H groups in total. The summed E-state index contributed by atoms with van der Waals surface area (Å²) in [6, 6.07) is 12.9. The van der Waals surface area contributed by atoms with E-state index in [-0.39, 0.29) is 18.0 Å². The van der Waals surface area contributed by atoms with Crippen LogP contribution in [0.5, 0.6) is 0 Å². The van der Waals surface area contributed by atoms with Gasteiger partial charge in [-0.05, 0) is 71.8 Å². The third kappa shape index (κ3) is 5.57. The predicted octanol–water partition coefficient (Wildman–Crippen LogP) is 7.17. The zero-order valence-electron chi connectivity index (χ0n) is 20.0. The van der Waals surface area contributed by atoms with E-state index in [0.29, 0.717) is 37.8 Å². The first kappa shape index (κ1) is 26.2. The van der Waals surface area contributed by atoms with Crippen molar-refractivity contribution in [3.8, 4) is 10.4 Å². The van der Waals surface area contributed by atoms with Gasteiger partial charge in [0.15, 0.2) is 0 Å². The Bertz CT molecular complexity index is 1300. The Labute approximate surface area is 221 Å². The number of carbonyl (C=O) groups excluding carboxylic acids is 1. The molecule has 1 amide bonds. The molecule has 4 rings (SSSR count). The van der Waals surface area contributed by atoms with Crippen LogP contribution >= 0.6 is 27.3 Å². The third-order valence-corrected chi connectivity index (χ3v) is 8.87. The number of thiophene rings is 1. The molecular weight excluding hydrogens is 546 g/mol. The van der Waals surface area contributed by atoms with Gasteiger partial charge in [-0.1, -0.05) is 31.2 Å². The number of amides is 1. The fraction of sp³-hybridized carbons (Fsp3) is 0.370. The second-order valence-electron chi connectivity index (χ2n) is 9.18. The molecule has 1 saturated carbocycles. The van der Waals surface area contributed by atoms with Crippen LogP contribution in [0.25, 0.3) is 20.5 Å². The highest BCUT2D eigenvalue weighted by Gasteiger charge is 2.40. The molecule has 0 aliphatic heterocycles. The normalized spacial score (nSPS) is 14.6. The minimum atomic E-state index is -1.31. The number of nitrogens with zero attached hydrogens (tertiary/aromatic N) is 1. The molecule has 0 unspecified atom stereocenters. The summed E-state index contributed by atoms with van der Waals surface area (Å²) in [6.45, 7) is 2.52. The van der Waals surface area contributed by atoms with E-state index in [1.807, 2.05) is 31.2 Å². The number of benzene rings is 2. The first-order valence-electron chi connectivity index (χ1n) is 12.0. The van der Waals surface area contributed by atoms with Gasteiger partial charge in [0.2, 0.25) is 5.91 Å². The molecule has 1 aliphatic rings. The second-order valence-corrected chi connectivity index (χ2v) is 11.0. The lowest BCUT2D eigenvalue weighted by atomic mass is 10.00. The van der Waals surface area contributed by atoms with E-state index >= 15 is 0 Å². The van der Waals surface area contributed by atoms with Crippen molar-refractivity contribution in [1.29, 1.82) is 0 Å². The monoisotopic (exact) mass is 573 g/mol. The maximum absolute atomic E-state index is 13.0. The van der Waals surface area contributed by atoms with Gasteiger partial charge >= 0.3 is 12.1 Å². The minimum Gasteiger partial charge on any atom is -0.478 e. The van der Waals surface area contributed by atoms with E-state index in [0.717, 1.165) is 37.8 Å². The molecule has 0 spiro atoms. The van der Waals surface area contributed by atoms with E-state index in [1.54, 1.807) is 23.1 Å². The average molecular weight is 574 g/mol. The first-order valence-corrected chi connectivity index (χ1v) is 13.6. The van der Waals surface area contributed by atoms with Crippen LogP contribution in [-0.2, 0) is 16.1 Å². The van der Waals surface area contributed by atoms with Gasteiger partial charge in [-0.25, -0.2) is 9.59 Å². The fourth-order valence-corrected chi connectivity index (χ4v) is 6.95. The van der Waals surface area contributed by atoms with E-state index in [9.17, 15) is 24.6 Å². The molecule has 190 valence electrons. The Morgan fingerprint density at radius 2 is 1.83 bits per heavy atom. The van der Waals surface area contributed by atoms with Crippen molar-refractivity contribution in [3.05, 3.63) is 58.1 Å². The van der Waals surface area contributed by atoms with Gasteiger partial charge in [-0.15, -0.1) is 11.3 Å². The topological polar surface area (TPSA) is 104 Å². The van der Waals surface area contributed by atoms with Crippen molar-refractivity contribution < 1.29 is 29.3 Å². The van der Waals surface area contributed by atoms with Gasteiger partial charge in [0.1, 0.15) is 5.60 Å². The number of rotatable bonds is 9. The molecular formula is C27H28BrNO6S. The number of halogens is 1. The summed E-state index contributed by atoms with van der Waals surface area (Å²) < 4.78 is 7.14.